The highest BCUT2D eigenvalue weighted by Gasteiger charge is 2.55. The van der Waals surface area contributed by atoms with Crippen LogP contribution in [-0.4, -0.2) is 29.4 Å². The van der Waals surface area contributed by atoms with Crippen molar-refractivity contribution < 1.29 is 27.2 Å². The van der Waals surface area contributed by atoms with Gasteiger partial charge in [0.15, 0.2) is 0 Å². The molecular formula is C15H19BF3NO3. The lowest BCUT2D eigenvalue weighted by Gasteiger charge is -2.32. The number of aromatic nitrogens is 1. The van der Waals surface area contributed by atoms with Gasteiger partial charge in [0.1, 0.15) is 11.4 Å². The second-order valence-electron chi connectivity index (χ2n) is 6.97. The molecule has 23 heavy (non-hydrogen) atoms. The zero-order valence-electron chi connectivity index (χ0n) is 13.5. The molecule has 2 aliphatic rings. The third-order valence-corrected chi connectivity index (χ3v) is 4.53. The molecule has 0 unspecified atom stereocenters. The first-order valence-electron chi connectivity index (χ1n) is 7.60. The van der Waals surface area contributed by atoms with Gasteiger partial charge in [-0.2, -0.15) is 13.2 Å². The van der Waals surface area contributed by atoms with Gasteiger partial charge in [-0.3, -0.25) is 4.98 Å². The first kappa shape index (κ1) is 16.6. The van der Waals surface area contributed by atoms with E-state index in [-0.39, 0.29) is 17.3 Å². The summed E-state index contributed by atoms with van der Waals surface area (Å²) in [4.78, 5) is 3.51. The van der Waals surface area contributed by atoms with Gasteiger partial charge >= 0.3 is 13.3 Å². The zero-order valence-corrected chi connectivity index (χ0v) is 13.5. The summed E-state index contributed by atoms with van der Waals surface area (Å²) in [6.07, 6.45) is -1.87. The van der Waals surface area contributed by atoms with Crippen LogP contribution in [0.25, 0.3) is 0 Å². The number of ether oxygens (including phenoxy) is 1. The van der Waals surface area contributed by atoms with Gasteiger partial charge in [0.2, 0.25) is 0 Å². The van der Waals surface area contributed by atoms with Gasteiger partial charge in [0, 0.05) is 6.20 Å². The van der Waals surface area contributed by atoms with E-state index < -0.39 is 30.2 Å². The summed E-state index contributed by atoms with van der Waals surface area (Å²) in [6.45, 7) is 7.16. The number of alkyl halides is 3. The lowest BCUT2D eigenvalue weighted by molar-refractivity contribution is -0.140. The second kappa shape index (κ2) is 5.11. The Bertz CT molecular complexity index is 598. The Balaban J connectivity index is 2.05. The van der Waals surface area contributed by atoms with E-state index in [4.69, 9.17) is 14.0 Å². The molecule has 0 spiro atoms. The van der Waals surface area contributed by atoms with E-state index in [1.165, 1.54) is 6.07 Å². The minimum atomic E-state index is -4.61. The lowest BCUT2D eigenvalue weighted by atomic mass is 9.76. The number of hydrogen-bond donors (Lipinski definition) is 0. The third-order valence-electron chi connectivity index (χ3n) is 4.53. The van der Waals surface area contributed by atoms with E-state index in [1.54, 1.807) is 27.7 Å². The van der Waals surface area contributed by atoms with Crippen LogP contribution >= 0.6 is 0 Å². The quantitative estimate of drug-likeness (QED) is 0.800. The summed E-state index contributed by atoms with van der Waals surface area (Å²) in [5.74, 6) is 0.133. The second-order valence-corrected chi connectivity index (χ2v) is 6.97. The average Bonchev–Trinajstić information content (AvgIpc) is 3.16. The SMILES string of the molecule is CC1(C)OB(c2c(OC3CC3)ccnc2C(F)(F)F)OC1(C)C. The molecule has 0 radical (unpaired) electrons. The number of pyridine rings is 1. The van der Waals surface area contributed by atoms with Crippen LogP contribution in [-0.2, 0) is 15.5 Å². The average molecular weight is 329 g/mol. The van der Waals surface area contributed by atoms with Crippen molar-refractivity contribution in [3.05, 3.63) is 18.0 Å². The lowest BCUT2D eigenvalue weighted by Crippen LogP contribution is -2.41. The Morgan fingerprint density at radius 1 is 1.17 bits per heavy atom. The van der Waals surface area contributed by atoms with E-state index in [2.05, 4.69) is 4.98 Å². The summed E-state index contributed by atoms with van der Waals surface area (Å²) in [5, 5.41) is 0. The Kier molecular flexibility index (Phi) is 3.68. The fraction of sp³-hybridized carbons (Fsp3) is 0.667. The van der Waals surface area contributed by atoms with Gasteiger partial charge in [-0.05, 0) is 46.6 Å². The van der Waals surface area contributed by atoms with Gasteiger partial charge in [-0.1, -0.05) is 0 Å². The summed E-state index contributed by atoms with van der Waals surface area (Å²) >= 11 is 0. The molecule has 3 rings (SSSR count). The van der Waals surface area contributed by atoms with E-state index in [0.29, 0.717) is 0 Å². The number of halogens is 3. The van der Waals surface area contributed by atoms with Gasteiger partial charge in [0.25, 0.3) is 0 Å². The monoisotopic (exact) mass is 329 g/mol. The first-order valence-corrected chi connectivity index (χ1v) is 7.60. The maximum absolute atomic E-state index is 13.4. The molecule has 0 aromatic carbocycles. The molecule has 1 aromatic rings. The highest BCUT2D eigenvalue weighted by molar-refractivity contribution is 6.63. The van der Waals surface area contributed by atoms with E-state index >= 15 is 0 Å². The number of nitrogens with zero attached hydrogens (tertiary/aromatic N) is 1. The standard InChI is InChI=1S/C15H19BF3NO3/c1-13(2)14(3,4)23-16(22-13)11-10(21-9-5-6-9)7-8-20-12(11)15(17,18)19/h7-9H,5-6H2,1-4H3. The Hall–Kier alpha value is -1.28. The molecular weight excluding hydrogens is 310 g/mol. The maximum atomic E-state index is 13.4. The first-order chi connectivity index (χ1) is 10.5. The molecule has 8 heteroatoms. The van der Waals surface area contributed by atoms with Gasteiger partial charge < -0.3 is 14.0 Å². The van der Waals surface area contributed by atoms with Crippen molar-refractivity contribution in [2.45, 2.75) is 64.0 Å². The molecule has 0 atom stereocenters. The number of hydrogen-bond acceptors (Lipinski definition) is 4. The molecule has 0 bridgehead atoms. The zero-order chi connectivity index (χ0) is 17.0. The summed E-state index contributed by atoms with van der Waals surface area (Å²) < 4.78 is 57.4. The van der Waals surface area contributed by atoms with Crippen molar-refractivity contribution in [2.75, 3.05) is 0 Å². The molecule has 2 fully saturated rings. The highest BCUT2D eigenvalue weighted by Crippen LogP contribution is 2.39. The minimum Gasteiger partial charge on any atom is -0.491 e. The van der Waals surface area contributed by atoms with E-state index in [1.807, 2.05) is 0 Å². The molecule has 0 N–H and O–H groups in total. The molecule has 1 saturated carbocycles. The van der Waals surface area contributed by atoms with Crippen LogP contribution in [0.1, 0.15) is 46.2 Å². The Morgan fingerprint density at radius 3 is 2.22 bits per heavy atom. The predicted molar refractivity (Wildman–Crippen MR) is 78.6 cm³/mol. The molecule has 1 aromatic heterocycles. The molecule has 1 saturated heterocycles. The maximum Gasteiger partial charge on any atom is 0.500 e. The smallest absolute Gasteiger partial charge is 0.491 e. The van der Waals surface area contributed by atoms with Crippen LogP contribution in [0.15, 0.2) is 12.3 Å². The third kappa shape index (κ3) is 3.06. The van der Waals surface area contributed by atoms with Gasteiger partial charge in [0.05, 0.1) is 22.8 Å². The van der Waals surface area contributed by atoms with E-state index in [9.17, 15) is 13.2 Å². The molecule has 126 valence electrons. The molecule has 1 aliphatic carbocycles. The van der Waals surface area contributed by atoms with Crippen molar-refractivity contribution in [1.29, 1.82) is 0 Å². The van der Waals surface area contributed by atoms with E-state index in [0.717, 1.165) is 19.0 Å². The van der Waals surface area contributed by atoms with Crippen molar-refractivity contribution >= 4 is 12.6 Å². The normalized spacial score (nSPS) is 23.2. The predicted octanol–water partition coefficient (Wildman–Crippen LogP) is 2.94. The van der Waals surface area contributed by atoms with Crippen LogP contribution in [0.4, 0.5) is 13.2 Å². The van der Waals surface area contributed by atoms with Crippen molar-refractivity contribution in [3.8, 4) is 5.75 Å². The van der Waals surface area contributed by atoms with Crippen LogP contribution < -0.4 is 10.2 Å². The van der Waals surface area contributed by atoms with Gasteiger partial charge in [-0.25, -0.2) is 0 Å². The molecule has 1 aliphatic heterocycles. The van der Waals surface area contributed by atoms with Crippen molar-refractivity contribution in [1.82, 2.24) is 4.98 Å². The summed E-state index contributed by atoms with van der Waals surface area (Å²) in [7, 11) is -1.17. The van der Waals surface area contributed by atoms with Crippen LogP contribution in [0.3, 0.4) is 0 Å². The summed E-state index contributed by atoms with van der Waals surface area (Å²) in [6, 6.07) is 1.44. The van der Waals surface area contributed by atoms with Crippen LogP contribution in [0.2, 0.25) is 0 Å². The molecule has 4 nitrogen and oxygen atoms in total. The van der Waals surface area contributed by atoms with Crippen LogP contribution in [0.5, 0.6) is 5.75 Å². The Labute approximate surface area is 133 Å². The van der Waals surface area contributed by atoms with Crippen molar-refractivity contribution in [3.63, 3.8) is 0 Å². The highest BCUT2D eigenvalue weighted by atomic mass is 19.4. The van der Waals surface area contributed by atoms with Crippen molar-refractivity contribution in [2.24, 2.45) is 0 Å². The van der Waals surface area contributed by atoms with Gasteiger partial charge in [-0.15, -0.1) is 0 Å². The fourth-order valence-corrected chi connectivity index (χ4v) is 2.34. The fourth-order valence-electron chi connectivity index (χ4n) is 2.34. The number of rotatable bonds is 3. The topological polar surface area (TPSA) is 40.6 Å². The molecule has 2 heterocycles. The Morgan fingerprint density at radius 2 is 1.74 bits per heavy atom. The minimum absolute atomic E-state index is 0.0420. The largest absolute Gasteiger partial charge is 0.500 e. The van der Waals surface area contributed by atoms with Crippen LogP contribution in [0, 0.1) is 0 Å². The summed E-state index contributed by atoms with van der Waals surface area (Å²) in [5.41, 5.74) is -2.68. The molecule has 0 amide bonds.